The average molecular weight is 241 g/mol. The summed E-state index contributed by atoms with van der Waals surface area (Å²) in [6.45, 7) is 0.583. The first-order chi connectivity index (χ1) is 8.75. The van der Waals surface area contributed by atoms with Crippen LogP contribution in [0.15, 0.2) is 48.5 Å². The number of ether oxygens (including phenoxy) is 1. The number of aliphatic hydroxyl groups is 1. The lowest BCUT2D eigenvalue weighted by Crippen LogP contribution is -2.36. The second-order valence-electron chi connectivity index (χ2n) is 4.51. The fraction of sp³-hybridized carbons (Fsp3) is 0.200. The summed E-state index contributed by atoms with van der Waals surface area (Å²) in [5.74, 6) is 0.696. The molecular formula is C15H15NO2. The van der Waals surface area contributed by atoms with Crippen molar-refractivity contribution < 1.29 is 9.84 Å². The first kappa shape index (κ1) is 11.3. The Balaban J connectivity index is 2.29. The highest BCUT2D eigenvalue weighted by Crippen LogP contribution is 2.39. The van der Waals surface area contributed by atoms with Gasteiger partial charge in [0.1, 0.15) is 18.0 Å². The molecule has 1 heterocycles. The molecule has 18 heavy (non-hydrogen) atoms. The molecule has 2 aromatic carbocycles. The Morgan fingerprint density at radius 3 is 2.50 bits per heavy atom. The van der Waals surface area contributed by atoms with Gasteiger partial charge in [0, 0.05) is 12.1 Å². The van der Waals surface area contributed by atoms with Gasteiger partial charge in [-0.15, -0.1) is 0 Å². The van der Waals surface area contributed by atoms with Crippen molar-refractivity contribution in [3.63, 3.8) is 0 Å². The highest BCUT2D eigenvalue weighted by atomic mass is 16.5. The molecule has 0 saturated carbocycles. The van der Waals surface area contributed by atoms with Gasteiger partial charge in [0.15, 0.2) is 0 Å². The lowest BCUT2D eigenvalue weighted by molar-refractivity contribution is 0.0894. The Bertz CT molecular complexity index is 533. The highest BCUT2D eigenvalue weighted by molar-refractivity contribution is 5.49. The standard InChI is InChI=1S/C15H15NO2/c16-10-15(17)12-6-2-1-5-11(12)9-18-14-8-4-3-7-13(14)15/h1-8,17H,9-10,16H2. The third kappa shape index (κ3) is 1.52. The van der Waals surface area contributed by atoms with Crippen LogP contribution in [0.25, 0.3) is 0 Å². The minimum absolute atomic E-state index is 0.129. The number of benzene rings is 2. The fourth-order valence-corrected chi connectivity index (χ4v) is 2.50. The van der Waals surface area contributed by atoms with Crippen molar-refractivity contribution >= 4 is 0 Å². The van der Waals surface area contributed by atoms with Crippen molar-refractivity contribution in [3.05, 3.63) is 65.2 Å². The quantitative estimate of drug-likeness (QED) is 0.800. The largest absolute Gasteiger partial charge is 0.488 e. The van der Waals surface area contributed by atoms with Crippen LogP contribution in [0.2, 0.25) is 0 Å². The van der Waals surface area contributed by atoms with Gasteiger partial charge in [-0.25, -0.2) is 0 Å². The molecule has 0 radical (unpaired) electrons. The number of rotatable bonds is 1. The minimum atomic E-state index is -1.18. The Morgan fingerprint density at radius 2 is 1.72 bits per heavy atom. The summed E-state index contributed by atoms with van der Waals surface area (Å²) < 4.78 is 5.76. The summed E-state index contributed by atoms with van der Waals surface area (Å²) in [5, 5.41) is 11.0. The van der Waals surface area contributed by atoms with Crippen LogP contribution in [0.3, 0.4) is 0 Å². The lowest BCUT2D eigenvalue weighted by Gasteiger charge is -2.28. The van der Waals surface area contributed by atoms with Crippen molar-refractivity contribution in [1.29, 1.82) is 0 Å². The van der Waals surface area contributed by atoms with E-state index in [1.807, 2.05) is 48.5 Å². The third-order valence-electron chi connectivity index (χ3n) is 3.47. The van der Waals surface area contributed by atoms with Crippen molar-refractivity contribution in [2.24, 2.45) is 5.73 Å². The summed E-state index contributed by atoms with van der Waals surface area (Å²) in [6, 6.07) is 15.2. The van der Waals surface area contributed by atoms with Gasteiger partial charge in [0.05, 0.1) is 0 Å². The van der Waals surface area contributed by atoms with Crippen LogP contribution in [0.4, 0.5) is 0 Å². The molecule has 3 rings (SSSR count). The van der Waals surface area contributed by atoms with Gasteiger partial charge in [-0.1, -0.05) is 42.5 Å². The maximum atomic E-state index is 11.0. The molecule has 3 nitrogen and oxygen atoms in total. The Labute approximate surface area is 106 Å². The van der Waals surface area contributed by atoms with Crippen LogP contribution < -0.4 is 10.5 Å². The van der Waals surface area contributed by atoms with Gasteiger partial charge in [-0.05, 0) is 17.2 Å². The van der Waals surface area contributed by atoms with Gasteiger partial charge < -0.3 is 15.6 Å². The molecule has 3 heteroatoms. The molecule has 92 valence electrons. The molecule has 0 bridgehead atoms. The number of fused-ring (bicyclic) bond motifs is 2. The molecule has 0 saturated heterocycles. The maximum Gasteiger partial charge on any atom is 0.131 e. The molecule has 0 spiro atoms. The Morgan fingerprint density at radius 1 is 1.06 bits per heavy atom. The second kappa shape index (κ2) is 4.12. The average Bonchev–Trinajstić information content (AvgIpc) is 2.56. The van der Waals surface area contributed by atoms with E-state index in [0.29, 0.717) is 12.4 Å². The fourth-order valence-electron chi connectivity index (χ4n) is 2.50. The molecule has 0 amide bonds. The van der Waals surface area contributed by atoms with Gasteiger partial charge in [0.2, 0.25) is 0 Å². The van der Waals surface area contributed by atoms with Gasteiger partial charge >= 0.3 is 0 Å². The zero-order valence-corrected chi connectivity index (χ0v) is 9.97. The predicted molar refractivity (Wildman–Crippen MR) is 69.3 cm³/mol. The van der Waals surface area contributed by atoms with Crippen molar-refractivity contribution in [2.75, 3.05) is 6.54 Å². The van der Waals surface area contributed by atoms with Gasteiger partial charge in [-0.3, -0.25) is 0 Å². The van der Waals surface area contributed by atoms with Crippen LogP contribution in [0.5, 0.6) is 5.75 Å². The van der Waals surface area contributed by atoms with Crippen molar-refractivity contribution in [3.8, 4) is 5.75 Å². The topological polar surface area (TPSA) is 55.5 Å². The number of hydrogen-bond donors (Lipinski definition) is 2. The molecule has 0 aliphatic carbocycles. The van der Waals surface area contributed by atoms with E-state index in [2.05, 4.69) is 0 Å². The van der Waals surface area contributed by atoms with Crippen LogP contribution >= 0.6 is 0 Å². The molecule has 1 unspecified atom stereocenters. The van der Waals surface area contributed by atoms with Crippen molar-refractivity contribution in [2.45, 2.75) is 12.2 Å². The molecule has 0 aromatic heterocycles. The molecule has 2 aromatic rings. The maximum absolute atomic E-state index is 11.0. The monoisotopic (exact) mass is 241 g/mol. The first-order valence-electron chi connectivity index (χ1n) is 5.99. The summed E-state index contributed by atoms with van der Waals surface area (Å²) in [6.07, 6.45) is 0. The van der Waals surface area contributed by atoms with E-state index in [4.69, 9.17) is 10.5 Å². The van der Waals surface area contributed by atoms with Crippen LogP contribution in [-0.4, -0.2) is 11.7 Å². The smallest absolute Gasteiger partial charge is 0.131 e. The number of hydrogen-bond acceptors (Lipinski definition) is 3. The lowest BCUT2D eigenvalue weighted by atomic mass is 9.84. The molecule has 3 N–H and O–H groups in total. The third-order valence-corrected chi connectivity index (χ3v) is 3.47. The molecule has 0 fully saturated rings. The van der Waals surface area contributed by atoms with E-state index >= 15 is 0 Å². The number of nitrogens with two attached hydrogens (primary N) is 1. The van der Waals surface area contributed by atoms with E-state index in [-0.39, 0.29) is 6.54 Å². The van der Waals surface area contributed by atoms with E-state index in [0.717, 1.165) is 16.7 Å². The van der Waals surface area contributed by atoms with E-state index in [1.165, 1.54) is 0 Å². The summed E-state index contributed by atoms with van der Waals surface area (Å²) in [7, 11) is 0. The van der Waals surface area contributed by atoms with E-state index in [9.17, 15) is 5.11 Å². The Hall–Kier alpha value is -1.84. The van der Waals surface area contributed by atoms with Gasteiger partial charge in [0.25, 0.3) is 0 Å². The zero-order valence-electron chi connectivity index (χ0n) is 9.97. The van der Waals surface area contributed by atoms with Gasteiger partial charge in [-0.2, -0.15) is 0 Å². The molecule has 1 atom stereocenters. The summed E-state index contributed by atoms with van der Waals surface area (Å²) in [4.78, 5) is 0. The predicted octanol–water partition coefficient (Wildman–Crippen LogP) is 1.77. The van der Waals surface area contributed by atoms with Crippen molar-refractivity contribution in [1.82, 2.24) is 0 Å². The normalized spacial score (nSPS) is 21.4. The highest BCUT2D eigenvalue weighted by Gasteiger charge is 2.36. The summed E-state index contributed by atoms with van der Waals surface area (Å²) >= 11 is 0. The zero-order chi connectivity index (χ0) is 12.6. The molecule has 1 aliphatic rings. The molecular weight excluding hydrogens is 226 g/mol. The first-order valence-corrected chi connectivity index (χ1v) is 5.99. The van der Waals surface area contributed by atoms with E-state index in [1.54, 1.807) is 0 Å². The van der Waals surface area contributed by atoms with E-state index < -0.39 is 5.60 Å². The molecule has 1 aliphatic heterocycles. The van der Waals surface area contributed by atoms with Crippen LogP contribution in [0, 0.1) is 0 Å². The Kier molecular flexibility index (Phi) is 2.58. The van der Waals surface area contributed by atoms with Crippen LogP contribution in [0.1, 0.15) is 16.7 Å². The summed E-state index contributed by atoms with van der Waals surface area (Å²) in [5.41, 5.74) is 7.19. The van der Waals surface area contributed by atoms with Crippen LogP contribution in [-0.2, 0) is 12.2 Å². The second-order valence-corrected chi connectivity index (χ2v) is 4.51. The number of para-hydroxylation sites is 1. The SMILES string of the molecule is NCC1(O)c2ccccc2COc2ccccc21. The minimum Gasteiger partial charge on any atom is -0.488 e.